The molecule has 0 aromatic rings. The molecule has 0 spiro atoms. The van der Waals surface area contributed by atoms with Gasteiger partial charge in [-0.05, 0) is 0 Å². The van der Waals surface area contributed by atoms with Crippen molar-refractivity contribution in [3.05, 3.63) is 0 Å². The summed E-state index contributed by atoms with van der Waals surface area (Å²) in [6.45, 7) is -0.120. The van der Waals surface area contributed by atoms with Gasteiger partial charge in [0.05, 0.1) is 6.54 Å². The molecule has 1 rings (SSSR count). The lowest BCUT2D eigenvalue weighted by atomic mass is 10.3. The van der Waals surface area contributed by atoms with Gasteiger partial charge in [0.1, 0.15) is 0 Å². The Morgan fingerprint density at radius 3 is 2.50 bits per heavy atom. The van der Waals surface area contributed by atoms with Crippen LogP contribution in [-0.2, 0) is 9.59 Å². The van der Waals surface area contributed by atoms with E-state index in [0.29, 0.717) is 0 Å². The van der Waals surface area contributed by atoms with Crippen molar-refractivity contribution >= 4 is 17.7 Å². The Kier molecular flexibility index (Phi) is 1.41. The number of ketones is 1. The van der Waals surface area contributed by atoms with Crippen LogP contribution in [0.3, 0.4) is 0 Å². The van der Waals surface area contributed by atoms with Crippen molar-refractivity contribution in [1.82, 2.24) is 10.2 Å². The quantitative estimate of drug-likeness (QED) is 0.429. The number of nitrogens with one attached hydrogen (secondary N) is 1. The molecule has 1 saturated heterocycles. The van der Waals surface area contributed by atoms with E-state index in [1.807, 2.05) is 5.32 Å². The Balaban J connectivity index is 2.72. The summed E-state index contributed by atoms with van der Waals surface area (Å²) in [4.78, 5) is 32.7. The number of carbonyl (C=O) groups excluding carboxylic acids is 3. The predicted octanol–water partition coefficient (Wildman–Crippen LogP) is -1.26. The zero-order valence-corrected chi connectivity index (χ0v) is 5.38. The minimum absolute atomic E-state index is 0.120. The van der Waals surface area contributed by atoms with Crippen molar-refractivity contribution in [1.29, 1.82) is 0 Å². The van der Waals surface area contributed by atoms with E-state index in [1.54, 1.807) is 0 Å². The van der Waals surface area contributed by atoms with Gasteiger partial charge in [0.2, 0.25) is 5.78 Å². The van der Waals surface area contributed by atoms with Gasteiger partial charge in [0.25, 0.3) is 5.91 Å². The molecule has 1 heterocycles. The van der Waals surface area contributed by atoms with Crippen LogP contribution in [0.4, 0.5) is 4.79 Å². The minimum atomic E-state index is -0.817. The maximum atomic E-state index is 10.6. The van der Waals surface area contributed by atoms with Crippen LogP contribution in [0.2, 0.25) is 0 Å². The van der Waals surface area contributed by atoms with Gasteiger partial charge in [0, 0.05) is 7.05 Å². The summed E-state index contributed by atoms with van der Waals surface area (Å²) in [5.41, 5.74) is 0. The maximum absolute atomic E-state index is 10.6. The third-order valence-corrected chi connectivity index (χ3v) is 1.20. The van der Waals surface area contributed by atoms with E-state index in [0.717, 1.165) is 4.90 Å². The Morgan fingerprint density at radius 2 is 2.00 bits per heavy atom. The Labute approximate surface area is 57.0 Å². The Hall–Kier alpha value is -1.39. The van der Waals surface area contributed by atoms with E-state index in [2.05, 4.69) is 0 Å². The standard InChI is InChI=1S/C5H6N2O3/c1-7-2-3(8)4(9)6-5(7)10/h2H2,1H3,(H,6,9,10). The molecular formula is C5H6N2O3. The molecule has 1 N–H and O–H groups in total. The van der Waals surface area contributed by atoms with E-state index >= 15 is 0 Å². The first-order chi connectivity index (χ1) is 4.61. The van der Waals surface area contributed by atoms with Crippen LogP contribution in [0, 0.1) is 0 Å². The van der Waals surface area contributed by atoms with Gasteiger partial charge in [-0.3, -0.25) is 14.9 Å². The van der Waals surface area contributed by atoms with Crippen LogP contribution >= 0.6 is 0 Å². The number of likely N-dealkylation sites (N-methyl/N-ethyl adjacent to an activating group) is 1. The maximum Gasteiger partial charge on any atom is 0.324 e. The third-order valence-electron chi connectivity index (χ3n) is 1.20. The van der Waals surface area contributed by atoms with Gasteiger partial charge in [-0.1, -0.05) is 0 Å². The number of Topliss-reactive ketones (excluding diaryl/α,β-unsaturated/α-hetero) is 1. The van der Waals surface area contributed by atoms with Crippen LogP contribution in [-0.4, -0.2) is 36.2 Å². The number of rotatable bonds is 0. The highest BCUT2D eigenvalue weighted by Crippen LogP contribution is 1.91. The van der Waals surface area contributed by atoms with Gasteiger partial charge in [-0.2, -0.15) is 0 Å². The van der Waals surface area contributed by atoms with Crippen molar-refractivity contribution < 1.29 is 14.4 Å². The third kappa shape index (κ3) is 0.975. The SMILES string of the molecule is CN1CC(=O)C(=O)NC1=O. The summed E-state index contributed by atoms with van der Waals surface area (Å²) in [7, 11) is 1.44. The van der Waals surface area contributed by atoms with Crippen LogP contribution in [0.5, 0.6) is 0 Å². The highest BCUT2D eigenvalue weighted by molar-refractivity contribution is 6.41. The van der Waals surface area contributed by atoms with Crippen LogP contribution < -0.4 is 5.32 Å². The molecule has 54 valence electrons. The Morgan fingerprint density at radius 1 is 1.40 bits per heavy atom. The van der Waals surface area contributed by atoms with E-state index in [-0.39, 0.29) is 6.54 Å². The Bertz CT molecular complexity index is 211. The predicted molar refractivity (Wildman–Crippen MR) is 31.2 cm³/mol. The number of hydrogen-bond acceptors (Lipinski definition) is 3. The summed E-state index contributed by atoms with van der Waals surface area (Å²) in [5.74, 6) is -1.40. The molecule has 0 radical (unpaired) electrons. The van der Waals surface area contributed by atoms with E-state index in [4.69, 9.17) is 0 Å². The van der Waals surface area contributed by atoms with Crippen molar-refractivity contribution in [2.45, 2.75) is 0 Å². The lowest BCUT2D eigenvalue weighted by Crippen LogP contribution is -2.53. The number of imide groups is 1. The monoisotopic (exact) mass is 142 g/mol. The first kappa shape index (κ1) is 6.73. The van der Waals surface area contributed by atoms with Gasteiger partial charge >= 0.3 is 6.03 Å². The van der Waals surface area contributed by atoms with Crippen molar-refractivity contribution in [3.63, 3.8) is 0 Å². The van der Waals surface area contributed by atoms with Crippen LogP contribution in [0.15, 0.2) is 0 Å². The average Bonchev–Trinajstić information content (AvgIpc) is 1.84. The summed E-state index contributed by atoms with van der Waals surface area (Å²) < 4.78 is 0. The number of amides is 3. The molecule has 1 aliphatic heterocycles. The van der Waals surface area contributed by atoms with Crippen molar-refractivity contribution in [2.75, 3.05) is 13.6 Å². The molecule has 1 aliphatic rings. The molecule has 5 heteroatoms. The zero-order chi connectivity index (χ0) is 7.72. The zero-order valence-electron chi connectivity index (χ0n) is 5.38. The lowest BCUT2D eigenvalue weighted by molar-refractivity contribution is -0.138. The largest absolute Gasteiger partial charge is 0.324 e. The molecule has 10 heavy (non-hydrogen) atoms. The average molecular weight is 142 g/mol. The molecule has 0 unspecified atom stereocenters. The lowest BCUT2D eigenvalue weighted by Gasteiger charge is -2.20. The number of hydrogen-bond donors (Lipinski definition) is 1. The number of carbonyl (C=O) groups is 3. The summed E-state index contributed by atoms with van der Waals surface area (Å²) in [6, 6.07) is -0.524. The number of nitrogens with zero attached hydrogens (tertiary/aromatic N) is 1. The van der Waals surface area contributed by atoms with Gasteiger partial charge in [0.15, 0.2) is 0 Å². The second-order valence-corrected chi connectivity index (χ2v) is 2.04. The summed E-state index contributed by atoms with van der Waals surface area (Å²) in [5, 5.41) is 1.88. The molecule has 0 aliphatic carbocycles. The fourth-order valence-electron chi connectivity index (χ4n) is 0.621. The summed E-state index contributed by atoms with van der Waals surface area (Å²) >= 11 is 0. The van der Waals surface area contributed by atoms with Crippen LogP contribution in [0.1, 0.15) is 0 Å². The van der Waals surface area contributed by atoms with E-state index in [1.165, 1.54) is 7.05 Å². The molecule has 3 amide bonds. The summed E-state index contributed by atoms with van der Waals surface area (Å²) in [6.07, 6.45) is 0. The molecule has 5 nitrogen and oxygen atoms in total. The number of urea groups is 1. The normalized spacial score (nSPS) is 19.3. The fourth-order valence-corrected chi connectivity index (χ4v) is 0.621. The van der Waals surface area contributed by atoms with Gasteiger partial charge in [-0.15, -0.1) is 0 Å². The fraction of sp³-hybridized carbons (Fsp3) is 0.400. The van der Waals surface area contributed by atoms with E-state index in [9.17, 15) is 14.4 Å². The first-order valence-corrected chi connectivity index (χ1v) is 2.70. The van der Waals surface area contributed by atoms with Crippen LogP contribution in [0.25, 0.3) is 0 Å². The second kappa shape index (κ2) is 2.09. The van der Waals surface area contributed by atoms with Crippen molar-refractivity contribution in [2.24, 2.45) is 0 Å². The highest BCUT2D eigenvalue weighted by Gasteiger charge is 2.26. The molecule has 1 fully saturated rings. The highest BCUT2D eigenvalue weighted by atomic mass is 16.2. The molecule has 0 saturated carbocycles. The molecule has 0 aromatic heterocycles. The smallest absolute Gasteiger partial charge is 0.320 e. The molecular weight excluding hydrogens is 136 g/mol. The van der Waals surface area contributed by atoms with Gasteiger partial charge < -0.3 is 4.90 Å². The van der Waals surface area contributed by atoms with Crippen molar-refractivity contribution in [3.8, 4) is 0 Å². The topological polar surface area (TPSA) is 66.5 Å². The molecule has 0 bridgehead atoms. The molecule has 0 aromatic carbocycles. The first-order valence-electron chi connectivity index (χ1n) is 2.70. The molecule has 0 atom stereocenters. The minimum Gasteiger partial charge on any atom is -0.320 e. The van der Waals surface area contributed by atoms with Gasteiger partial charge in [-0.25, -0.2) is 4.79 Å². The second-order valence-electron chi connectivity index (χ2n) is 2.04. The van der Waals surface area contributed by atoms with E-state index < -0.39 is 17.7 Å².